The maximum atomic E-state index is 12.2. The van der Waals surface area contributed by atoms with Gasteiger partial charge in [-0.2, -0.15) is 13.9 Å². The lowest BCUT2D eigenvalue weighted by atomic mass is 10.1. The van der Waals surface area contributed by atoms with Crippen LogP contribution in [-0.4, -0.2) is 16.4 Å². The van der Waals surface area contributed by atoms with Crippen LogP contribution in [0, 0.1) is 13.8 Å². The highest BCUT2D eigenvalue weighted by Crippen LogP contribution is 2.26. The molecule has 21 heavy (non-hydrogen) atoms. The number of halogens is 2. The molecule has 0 bridgehead atoms. The molecule has 0 aliphatic rings. The lowest BCUT2D eigenvalue weighted by molar-refractivity contribution is -0.0498. The summed E-state index contributed by atoms with van der Waals surface area (Å²) in [4.78, 5) is 0. The van der Waals surface area contributed by atoms with E-state index in [9.17, 15) is 8.78 Å². The fourth-order valence-corrected chi connectivity index (χ4v) is 2.50. The van der Waals surface area contributed by atoms with Crippen molar-refractivity contribution in [3.05, 3.63) is 41.2 Å². The molecule has 0 fully saturated rings. The van der Waals surface area contributed by atoms with E-state index in [1.54, 1.807) is 12.1 Å². The molecule has 2 rings (SSSR count). The van der Waals surface area contributed by atoms with Crippen LogP contribution in [0.5, 0.6) is 5.75 Å². The third-order valence-corrected chi connectivity index (χ3v) is 3.44. The zero-order valence-electron chi connectivity index (χ0n) is 12.5. The van der Waals surface area contributed by atoms with Gasteiger partial charge in [-0.05, 0) is 32.9 Å². The first kappa shape index (κ1) is 15.3. The van der Waals surface area contributed by atoms with Gasteiger partial charge < -0.3 is 10.1 Å². The molecular weight excluding hydrogens is 276 g/mol. The Morgan fingerprint density at radius 3 is 2.57 bits per heavy atom. The second-order valence-corrected chi connectivity index (χ2v) is 4.98. The molecule has 0 aliphatic carbocycles. The molecule has 2 aromatic rings. The smallest absolute Gasteiger partial charge is 0.387 e. The van der Waals surface area contributed by atoms with E-state index in [4.69, 9.17) is 0 Å². The van der Waals surface area contributed by atoms with Crippen molar-refractivity contribution in [1.82, 2.24) is 9.78 Å². The van der Waals surface area contributed by atoms with Crippen LogP contribution in [0.3, 0.4) is 0 Å². The van der Waals surface area contributed by atoms with Crippen molar-refractivity contribution >= 4 is 5.69 Å². The second kappa shape index (κ2) is 6.11. The molecule has 0 amide bonds. The summed E-state index contributed by atoms with van der Waals surface area (Å²) in [5.41, 5.74) is 3.86. The van der Waals surface area contributed by atoms with Gasteiger partial charge in [0, 0.05) is 30.1 Å². The maximum absolute atomic E-state index is 12.2. The van der Waals surface area contributed by atoms with Crippen molar-refractivity contribution < 1.29 is 13.5 Å². The van der Waals surface area contributed by atoms with Crippen LogP contribution >= 0.6 is 0 Å². The lowest BCUT2D eigenvalue weighted by Gasteiger charge is -2.17. The summed E-state index contributed by atoms with van der Waals surface area (Å²) in [5.74, 6) is 0.141. The van der Waals surface area contributed by atoms with Crippen molar-refractivity contribution in [2.75, 3.05) is 5.32 Å². The average molecular weight is 295 g/mol. The molecule has 114 valence electrons. The summed E-state index contributed by atoms with van der Waals surface area (Å²) in [6, 6.07) is 6.57. The minimum atomic E-state index is -2.82. The summed E-state index contributed by atoms with van der Waals surface area (Å²) in [6.07, 6.45) is 0. The molecule has 0 saturated carbocycles. The number of alkyl halides is 2. The molecule has 0 spiro atoms. The van der Waals surface area contributed by atoms with Crippen molar-refractivity contribution in [2.45, 2.75) is 33.4 Å². The van der Waals surface area contributed by atoms with Crippen LogP contribution in [0.25, 0.3) is 0 Å². The molecule has 0 radical (unpaired) electrons. The number of ether oxygens (including phenoxy) is 1. The Balaban J connectivity index is 2.17. The fourth-order valence-electron chi connectivity index (χ4n) is 2.50. The molecular formula is C15H19F2N3O. The first-order valence-electron chi connectivity index (χ1n) is 6.70. The fraction of sp³-hybridized carbons (Fsp3) is 0.400. The monoisotopic (exact) mass is 295 g/mol. The predicted molar refractivity (Wildman–Crippen MR) is 77.8 cm³/mol. The molecule has 1 N–H and O–H groups in total. The van der Waals surface area contributed by atoms with Gasteiger partial charge in [0.05, 0.1) is 11.7 Å². The van der Waals surface area contributed by atoms with E-state index in [1.165, 1.54) is 6.07 Å². The lowest BCUT2D eigenvalue weighted by Crippen LogP contribution is -2.09. The van der Waals surface area contributed by atoms with E-state index in [2.05, 4.69) is 15.2 Å². The topological polar surface area (TPSA) is 39.1 Å². The highest BCUT2D eigenvalue weighted by Gasteiger charge is 2.16. The van der Waals surface area contributed by atoms with E-state index < -0.39 is 6.61 Å². The van der Waals surface area contributed by atoms with Gasteiger partial charge >= 0.3 is 6.61 Å². The number of hydrogen-bond donors (Lipinski definition) is 1. The van der Waals surface area contributed by atoms with Crippen molar-refractivity contribution in [2.24, 2.45) is 7.05 Å². The summed E-state index contributed by atoms with van der Waals surface area (Å²) < 4.78 is 30.7. The minimum Gasteiger partial charge on any atom is -0.435 e. The number of aromatic nitrogens is 2. The molecule has 1 unspecified atom stereocenters. The Morgan fingerprint density at radius 2 is 2.00 bits per heavy atom. The number of aryl methyl sites for hydroxylation is 2. The molecule has 0 aliphatic heterocycles. The first-order chi connectivity index (χ1) is 9.88. The molecule has 1 atom stereocenters. The first-order valence-corrected chi connectivity index (χ1v) is 6.70. The zero-order valence-corrected chi connectivity index (χ0v) is 12.5. The Morgan fingerprint density at radius 1 is 1.29 bits per heavy atom. The van der Waals surface area contributed by atoms with Crippen molar-refractivity contribution in [1.29, 1.82) is 0 Å². The van der Waals surface area contributed by atoms with E-state index >= 15 is 0 Å². The molecule has 1 aromatic heterocycles. The van der Waals surface area contributed by atoms with Gasteiger partial charge in [-0.3, -0.25) is 4.68 Å². The molecule has 1 aromatic carbocycles. The van der Waals surface area contributed by atoms with Gasteiger partial charge in [0.25, 0.3) is 0 Å². The van der Waals surface area contributed by atoms with Crippen molar-refractivity contribution in [3.8, 4) is 5.75 Å². The SMILES string of the molecule is Cc1nn(C)c(C)c1C(C)Nc1cccc(OC(F)F)c1. The number of nitrogens with one attached hydrogen (secondary N) is 1. The Bertz CT molecular complexity index is 625. The van der Waals surface area contributed by atoms with Gasteiger partial charge in [-0.25, -0.2) is 0 Å². The molecule has 0 saturated heterocycles. The Labute approximate surface area is 122 Å². The van der Waals surface area contributed by atoms with Gasteiger partial charge in [0.1, 0.15) is 5.75 Å². The quantitative estimate of drug-likeness (QED) is 0.911. The summed E-state index contributed by atoms with van der Waals surface area (Å²) in [6.45, 7) is 3.15. The van der Waals surface area contributed by atoms with Crippen LogP contribution in [0.1, 0.15) is 29.9 Å². The van der Waals surface area contributed by atoms with Gasteiger partial charge in [-0.1, -0.05) is 6.07 Å². The summed E-state index contributed by atoms with van der Waals surface area (Å²) >= 11 is 0. The van der Waals surface area contributed by atoms with Crippen LogP contribution in [0.4, 0.5) is 14.5 Å². The van der Waals surface area contributed by atoms with E-state index in [1.807, 2.05) is 38.6 Å². The van der Waals surface area contributed by atoms with Crippen LogP contribution in [0.2, 0.25) is 0 Å². The Kier molecular flexibility index (Phi) is 4.45. The van der Waals surface area contributed by atoms with E-state index in [0.29, 0.717) is 0 Å². The highest BCUT2D eigenvalue weighted by molar-refractivity contribution is 5.50. The average Bonchev–Trinajstić information content (AvgIpc) is 2.62. The number of anilines is 1. The standard InChI is InChI=1S/C15H19F2N3O/c1-9(14-10(2)19-20(4)11(14)3)18-12-6-5-7-13(8-12)21-15(16)17/h5-9,15,18H,1-4H3. The largest absolute Gasteiger partial charge is 0.435 e. The normalized spacial score (nSPS) is 12.5. The summed E-state index contributed by atoms with van der Waals surface area (Å²) in [5, 5.41) is 7.67. The van der Waals surface area contributed by atoms with E-state index in [-0.39, 0.29) is 11.8 Å². The highest BCUT2D eigenvalue weighted by atomic mass is 19.3. The predicted octanol–water partition coefficient (Wildman–Crippen LogP) is 3.81. The molecule has 6 heteroatoms. The van der Waals surface area contributed by atoms with E-state index in [0.717, 1.165) is 22.6 Å². The van der Waals surface area contributed by atoms with Crippen molar-refractivity contribution in [3.63, 3.8) is 0 Å². The zero-order chi connectivity index (χ0) is 15.6. The third kappa shape index (κ3) is 3.51. The minimum absolute atomic E-state index is 0.0144. The van der Waals surface area contributed by atoms with Crippen LogP contribution in [0.15, 0.2) is 24.3 Å². The molecule has 4 nitrogen and oxygen atoms in total. The van der Waals surface area contributed by atoms with Crippen LogP contribution in [-0.2, 0) is 7.05 Å². The van der Waals surface area contributed by atoms with Gasteiger partial charge in [0.2, 0.25) is 0 Å². The number of benzene rings is 1. The number of nitrogens with zero attached hydrogens (tertiary/aromatic N) is 2. The van der Waals surface area contributed by atoms with Gasteiger partial charge in [0.15, 0.2) is 0 Å². The summed E-state index contributed by atoms with van der Waals surface area (Å²) in [7, 11) is 1.90. The van der Waals surface area contributed by atoms with Crippen LogP contribution < -0.4 is 10.1 Å². The Hall–Kier alpha value is -2.11. The third-order valence-electron chi connectivity index (χ3n) is 3.44. The second-order valence-electron chi connectivity index (χ2n) is 4.98. The number of rotatable bonds is 5. The molecule has 1 heterocycles. The number of hydrogen-bond acceptors (Lipinski definition) is 3. The van der Waals surface area contributed by atoms with Gasteiger partial charge in [-0.15, -0.1) is 0 Å². The maximum Gasteiger partial charge on any atom is 0.387 e.